The van der Waals surface area contributed by atoms with Crippen LogP contribution < -0.4 is 0 Å². The van der Waals surface area contributed by atoms with Gasteiger partial charge in [0.05, 0.1) is 5.00 Å². The lowest BCUT2D eigenvalue weighted by Crippen LogP contribution is -2.24. The Balaban J connectivity index is 3.62. The number of hydrogen-bond acceptors (Lipinski definition) is 0. The summed E-state index contributed by atoms with van der Waals surface area (Å²) in [6.07, 6.45) is 0.726. The molecule has 0 fully saturated rings. The minimum atomic E-state index is -2.58. The molecule has 0 rings (SSSR count). The molecule has 0 aromatic carbocycles. The van der Waals surface area contributed by atoms with E-state index in [1.165, 1.54) is 0 Å². The van der Waals surface area contributed by atoms with Crippen LogP contribution in [0.25, 0.3) is 0 Å². The summed E-state index contributed by atoms with van der Waals surface area (Å²) in [5, 5.41) is -0.243. The molecule has 0 aliphatic rings. The molecule has 50 valence electrons. The van der Waals surface area contributed by atoms with Crippen molar-refractivity contribution in [2.45, 2.75) is 18.3 Å². The van der Waals surface area contributed by atoms with E-state index < -0.39 is 6.00 Å². The predicted octanol–water partition coefficient (Wildman–Crippen LogP) is 3.20. The lowest BCUT2D eigenvalue weighted by molar-refractivity contribution is 1.03. The summed E-state index contributed by atoms with van der Waals surface area (Å²) in [4.78, 5) is 0. The average molecular weight is 212 g/mol. The summed E-state index contributed by atoms with van der Waals surface area (Å²) in [6.45, 7) is 1.90. The van der Waals surface area contributed by atoms with Crippen LogP contribution in [0.3, 0.4) is 0 Å². The second-order valence-corrected chi connectivity index (χ2v) is 11.2. The van der Waals surface area contributed by atoms with E-state index in [-0.39, 0.29) is 5.00 Å². The fourth-order valence-electron chi connectivity index (χ4n) is 0.231. The standard InChI is InChI=1S/C3H6Cl4Si/c1-2-3(4)8(5,6)7/h3H,2H2,1H3. The van der Waals surface area contributed by atoms with E-state index in [0.717, 1.165) is 6.42 Å². The minimum Gasteiger partial charge on any atom is -0.125 e. The highest BCUT2D eigenvalue weighted by Crippen LogP contribution is 2.29. The molecule has 0 bridgehead atoms. The Morgan fingerprint density at radius 1 is 1.38 bits per heavy atom. The molecule has 0 N–H and O–H groups in total. The van der Waals surface area contributed by atoms with Crippen LogP contribution in [0.2, 0.25) is 0 Å². The maximum absolute atomic E-state index is 5.61. The van der Waals surface area contributed by atoms with Gasteiger partial charge in [-0.15, -0.1) is 44.8 Å². The van der Waals surface area contributed by atoms with Gasteiger partial charge < -0.3 is 0 Å². The molecule has 5 heteroatoms. The zero-order valence-corrected chi connectivity index (χ0v) is 8.32. The number of alkyl halides is 1. The Kier molecular flexibility index (Phi) is 4.13. The summed E-state index contributed by atoms with van der Waals surface area (Å²) in [5.74, 6) is 0. The van der Waals surface area contributed by atoms with Gasteiger partial charge in [0.2, 0.25) is 0 Å². The van der Waals surface area contributed by atoms with Crippen LogP contribution in [0.15, 0.2) is 0 Å². The van der Waals surface area contributed by atoms with E-state index in [9.17, 15) is 0 Å². The molecule has 1 unspecified atom stereocenters. The fourth-order valence-corrected chi connectivity index (χ4v) is 2.08. The molecule has 0 aliphatic carbocycles. The van der Waals surface area contributed by atoms with Crippen molar-refractivity contribution >= 4 is 50.8 Å². The van der Waals surface area contributed by atoms with Crippen LogP contribution in [0.1, 0.15) is 13.3 Å². The zero-order chi connectivity index (χ0) is 6.78. The average Bonchev–Trinajstić information content (AvgIpc) is 1.62. The van der Waals surface area contributed by atoms with Crippen molar-refractivity contribution in [3.63, 3.8) is 0 Å². The van der Waals surface area contributed by atoms with Crippen LogP contribution in [0.4, 0.5) is 0 Å². The molecule has 0 amide bonds. The number of halogens is 4. The maximum Gasteiger partial charge on any atom is 0.358 e. The molecular weight excluding hydrogens is 206 g/mol. The Labute approximate surface area is 69.2 Å². The van der Waals surface area contributed by atoms with Crippen molar-refractivity contribution in [3.8, 4) is 0 Å². The Morgan fingerprint density at radius 2 is 1.75 bits per heavy atom. The number of rotatable bonds is 2. The monoisotopic (exact) mass is 210 g/mol. The maximum atomic E-state index is 5.61. The van der Waals surface area contributed by atoms with Gasteiger partial charge in [0.1, 0.15) is 0 Å². The summed E-state index contributed by atoms with van der Waals surface area (Å²) >= 11 is 22.2. The molecule has 0 nitrogen and oxygen atoms in total. The molecule has 0 aromatic rings. The van der Waals surface area contributed by atoms with Crippen LogP contribution in [0.5, 0.6) is 0 Å². The van der Waals surface area contributed by atoms with Crippen molar-refractivity contribution in [1.29, 1.82) is 0 Å². The van der Waals surface area contributed by atoms with Crippen LogP contribution in [-0.4, -0.2) is 11.0 Å². The highest BCUT2D eigenvalue weighted by molar-refractivity contribution is 7.66. The molecule has 8 heavy (non-hydrogen) atoms. The van der Waals surface area contributed by atoms with E-state index in [0.29, 0.717) is 0 Å². The first kappa shape index (κ1) is 9.38. The topological polar surface area (TPSA) is 0 Å². The smallest absolute Gasteiger partial charge is 0.125 e. The van der Waals surface area contributed by atoms with Gasteiger partial charge in [-0.25, -0.2) is 0 Å². The Bertz CT molecular complexity index is 68.2. The second-order valence-electron chi connectivity index (χ2n) is 1.42. The SMILES string of the molecule is CCC(Cl)[Si](Cl)(Cl)Cl. The lowest BCUT2D eigenvalue weighted by Gasteiger charge is -2.11. The van der Waals surface area contributed by atoms with Crippen molar-refractivity contribution in [2.24, 2.45) is 0 Å². The second kappa shape index (κ2) is 3.52. The van der Waals surface area contributed by atoms with Gasteiger partial charge in [0.15, 0.2) is 0 Å². The van der Waals surface area contributed by atoms with Crippen LogP contribution >= 0.6 is 44.8 Å². The molecule has 0 saturated carbocycles. The third kappa shape index (κ3) is 3.41. The normalized spacial score (nSPS) is 16.1. The summed E-state index contributed by atoms with van der Waals surface area (Å²) in [7, 11) is 0. The van der Waals surface area contributed by atoms with Crippen LogP contribution in [0, 0.1) is 0 Å². The van der Waals surface area contributed by atoms with Gasteiger partial charge >= 0.3 is 6.00 Å². The van der Waals surface area contributed by atoms with Gasteiger partial charge in [-0.2, -0.15) is 0 Å². The van der Waals surface area contributed by atoms with E-state index in [4.69, 9.17) is 44.8 Å². The number of hydrogen-bond donors (Lipinski definition) is 0. The molecule has 0 aliphatic heterocycles. The molecular formula is C3H6Cl4Si. The first-order valence-electron chi connectivity index (χ1n) is 2.19. The minimum absolute atomic E-state index is 0.243. The quantitative estimate of drug-likeness (QED) is 0.374. The van der Waals surface area contributed by atoms with E-state index in [1.807, 2.05) is 6.92 Å². The van der Waals surface area contributed by atoms with Gasteiger partial charge in [-0.05, 0) is 6.42 Å². The molecule has 0 saturated heterocycles. The Hall–Kier alpha value is 1.38. The molecule has 0 radical (unpaired) electrons. The van der Waals surface area contributed by atoms with Crippen molar-refractivity contribution in [1.82, 2.24) is 0 Å². The van der Waals surface area contributed by atoms with E-state index in [2.05, 4.69) is 0 Å². The summed E-state index contributed by atoms with van der Waals surface area (Å²) in [5.41, 5.74) is 0. The van der Waals surface area contributed by atoms with Crippen molar-refractivity contribution in [2.75, 3.05) is 0 Å². The highest BCUT2D eigenvalue weighted by atomic mass is 35.8. The van der Waals surface area contributed by atoms with Gasteiger partial charge in [-0.1, -0.05) is 6.92 Å². The molecule has 0 heterocycles. The molecule has 0 aromatic heterocycles. The molecule has 0 spiro atoms. The van der Waals surface area contributed by atoms with Crippen molar-refractivity contribution in [3.05, 3.63) is 0 Å². The first-order valence-corrected chi connectivity index (χ1v) is 7.74. The first-order chi connectivity index (χ1) is 3.48. The lowest BCUT2D eigenvalue weighted by atomic mass is 10.6. The van der Waals surface area contributed by atoms with E-state index in [1.54, 1.807) is 0 Å². The summed E-state index contributed by atoms with van der Waals surface area (Å²) < 4.78 is 0. The zero-order valence-electron chi connectivity index (χ0n) is 4.30. The van der Waals surface area contributed by atoms with Gasteiger partial charge in [-0.3, -0.25) is 0 Å². The van der Waals surface area contributed by atoms with Crippen LogP contribution in [-0.2, 0) is 0 Å². The van der Waals surface area contributed by atoms with E-state index >= 15 is 0 Å². The molecule has 1 atom stereocenters. The van der Waals surface area contributed by atoms with Gasteiger partial charge in [0.25, 0.3) is 0 Å². The summed E-state index contributed by atoms with van der Waals surface area (Å²) in [6, 6.07) is -2.58. The Morgan fingerprint density at radius 3 is 1.75 bits per heavy atom. The van der Waals surface area contributed by atoms with Gasteiger partial charge in [0, 0.05) is 0 Å². The largest absolute Gasteiger partial charge is 0.358 e. The predicted molar refractivity (Wildman–Crippen MR) is 43.2 cm³/mol. The fraction of sp³-hybridized carbons (Fsp3) is 1.00. The third-order valence-corrected chi connectivity index (χ3v) is 6.50. The highest BCUT2D eigenvalue weighted by Gasteiger charge is 2.33. The third-order valence-electron chi connectivity index (χ3n) is 0.714. The van der Waals surface area contributed by atoms with Crippen molar-refractivity contribution < 1.29 is 0 Å².